The first-order chi connectivity index (χ1) is 12.0. The number of halogens is 2. The Bertz CT molecular complexity index is 954. The monoisotopic (exact) mass is 360 g/mol. The van der Waals surface area contributed by atoms with Crippen molar-refractivity contribution in [1.82, 2.24) is 9.47 Å². The largest absolute Gasteiger partial charge is 0.337 e. The second kappa shape index (κ2) is 6.26. The summed E-state index contributed by atoms with van der Waals surface area (Å²) in [6.45, 7) is 3.92. The fraction of sp³-hybridized carbons (Fsp3) is 0.316. The molecule has 0 unspecified atom stereocenters. The van der Waals surface area contributed by atoms with Crippen LogP contribution in [0, 0.1) is 18.6 Å². The number of carbonyl (C=O) groups excluding carboxylic acids is 1. The summed E-state index contributed by atoms with van der Waals surface area (Å²) in [5, 5.41) is 0. The molecular formula is C19H18F2N2OS. The Balaban J connectivity index is 1.77. The molecule has 4 rings (SSSR count). The number of aromatic nitrogens is 1. The molecule has 3 nitrogen and oxygen atoms in total. The summed E-state index contributed by atoms with van der Waals surface area (Å²) in [5.41, 5.74) is 2.22. The first kappa shape index (κ1) is 16.3. The van der Waals surface area contributed by atoms with Crippen LogP contribution in [-0.4, -0.2) is 28.5 Å². The maximum atomic E-state index is 13.6. The molecular weight excluding hydrogens is 342 g/mol. The third kappa shape index (κ3) is 2.95. The van der Waals surface area contributed by atoms with Crippen molar-refractivity contribution in [2.45, 2.75) is 26.3 Å². The minimum absolute atomic E-state index is 0.0149. The van der Waals surface area contributed by atoms with E-state index in [4.69, 9.17) is 0 Å². The molecule has 6 heteroatoms. The van der Waals surface area contributed by atoms with E-state index < -0.39 is 11.6 Å². The summed E-state index contributed by atoms with van der Waals surface area (Å²) in [7, 11) is 0. The van der Waals surface area contributed by atoms with E-state index in [1.165, 1.54) is 6.07 Å². The van der Waals surface area contributed by atoms with Crippen LogP contribution < -0.4 is 0 Å². The maximum Gasteiger partial charge on any atom is 0.270 e. The van der Waals surface area contributed by atoms with Crippen LogP contribution in [0.3, 0.4) is 0 Å². The van der Waals surface area contributed by atoms with Crippen molar-refractivity contribution >= 4 is 27.5 Å². The molecule has 2 aromatic heterocycles. The summed E-state index contributed by atoms with van der Waals surface area (Å²) in [6.07, 6.45) is 2.06. The molecule has 1 fully saturated rings. The molecule has 0 bridgehead atoms. The highest BCUT2D eigenvalue weighted by atomic mass is 32.1. The summed E-state index contributed by atoms with van der Waals surface area (Å²) in [6, 6.07) is 7.86. The highest BCUT2D eigenvalue weighted by molar-refractivity contribution is 7.19. The SMILES string of the molecule is Cc1cc2c(cc(C(=O)N3CCCC3)n2Cc2ccc(F)c(F)c2)s1. The average Bonchev–Trinajstić information content (AvgIpc) is 3.28. The quantitative estimate of drug-likeness (QED) is 0.671. The Morgan fingerprint density at radius 2 is 1.88 bits per heavy atom. The van der Waals surface area contributed by atoms with Crippen molar-refractivity contribution in [1.29, 1.82) is 0 Å². The molecule has 0 saturated carbocycles. The van der Waals surface area contributed by atoms with Crippen molar-refractivity contribution in [3.05, 3.63) is 58.1 Å². The number of likely N-dealkylation sites (tertiary alicyclic amines) is 1. The molecule has 1 amide bonds. The lowest BCUT2D eigenvalue weighted by Crippen LogP contribution is -2.29. The van der Waals surface area contributed by atoms with E-state index in [-0.39, 0.29) is 5.91 Å². The second-order valence-corrected chi connectivity index (χ2v) is 7.76. The van der Waals surface area contributed by atoms with Gasteiger partial charge in [-0.15, -0.1) is 11.3 Å². The van der Waals surface area contributed by atoms with Crippen LogP contribution in [0.2, 0.25) is 0 Å². The van der Waals surface area contributed by atoms with E-state index in [2.05, 4.69) is 0 Å². The van der Waals surface area contributed by atoms with E-state index in [9.17, 15) is 13.6 Å². The zero-order chi connectivity index (χ0) is 17.6. The van der Waals surface area contributed by atoms with Crippen LogP contribution >= 0.6 is 11.3 Å². The van der Waals surface area contributed by atoms with Gasteiger partial charge in [0.05, 0.1) is 10.2 Å². The van der Waals surface area contributed by atoms with Crippen LogP contribution in [0.25, 0.3) is 10.2 Å². The van der Waals surface area contributed by atoms with Crippen molar-refractivity contribution < 1.29 is 13.6 Å². The Labute approximate surface area is 148 Å². The molecule has 1 saturated heterocycles. The number of amides is 1. The Morgan fingerprint density at radius 1 is 1.12 bits per heavy atom. The van der Waals surface area contributed by atoms with Crippen LogP contribution in [0.4, 0.5) is 8.78 Å². The molecule has 0 spiro atoms. The van der Waals surface area contributed by atoms with Gasteiger partial charge in [0.15, 0.2) is 11.6 Å². The second-order valence-electron chi connectivity index (χ2n) is 6.47. The number of thiophene rings is 1. The van der Waals surface area contributed by atoms with Gasteiger partial charge in [-0.25, -0.2) is 8.78 Å². The minimum atomic E-state index is -0.866. The number of benzene rings is 1. The molecule has 3 heterocycles. The molecule has 1 aliphatic rings. The third-order valence-electron chi connectivity index (χ3n) is 4.65. The molecule has 1 aliphatic heterocycles. The summed E-state index contributed by atoms with van der Waals surface area (Å²) in [4.78, 5) is 15.9. The lowest BCUT2D eigenvalue weighted by atomic mass is 10.2. The normalized spacial score (nSPS) is 14.6. The number of fused-ring (bicyclic) bond motifs is 1. The van der Waals surface area contributed by atoms with Crippen molar-refractivity contribution in [2.75, 3.05) is 13.1 Å². The van der Waals surface area contributed by atoms with Crippen molar-refractivity contribution in [3.8, 4) is 0 Å². The lowest BCUT2D eigenvalue weighted by Gasteiger charge is -2.17. The number of carbonyl (C=O) groups is 1. The van der Waals surface area contributed by atoms with E-state index in [0.717, 1.165) is 47.1 Å². The van der Waals surface area contributed by atoms with Gasteiger partial charge in [0.1, 0.15) is 5.69 Å². The predicted octanol–water partition coefficient (Wildman–Crippen LogP) is 4.57. The Morgan fingerprint density at radius 3 is 2.60 bits per heavy atom. The first-order valence-corrected chi connectivity index (χ1v) is 9.17. The first-order valence-electron chi connectivity index (χ1n) is 8.36. The summed E-state index contributed by atoms with van der Waals surface area (Å²) in [5.74, 6) is -1.71. The van der Waals surface area contributed by atoms with Gasteiger partial charge >= 0.3 is 0 Å². The number of hydrogen-bond acceptors (Lipinski definition) is 2. The van der Waals surface area contributed by atoms with E-state index in [1.54, 1.807) is 17.4 Å². The average molecular weight is 360 g/mol. The fourth-order valence-electron chi connectivity index (χ4n) is 3.42. The molecule has 25 heavy (non-hydrogen) atoms. The van der Waals surface area contributed by atoms with Crippen molar-refractivity contribution in [2.24, 2.45) is 0 Å². The smallest absolute Gasteiger partial charge is 0.270 e. The summed E-state index contributed by atoms with van der Waals surface area (Å²) >= 11 is 1.64. The van der Waals surface area contributed by atoms with Crippen LogP contribution in [0.5, 0.6) is 0 Å². The Kier molecular flexibility index (Phi) is 4.07. The molecule has 3 aromatic rings. The van der Waals surface area contributed by atoms with Gasteiger partial charge < -0.3 is 9.47 Å². The van der Waals surface area contributed by atoms with Crippen LogP contribution in [0.1, 0.15) is 33.8 Å². The molecule has 1 aromatic carbocycles. The zero-order valence-electron chi connectivity index (χ0n) is 13.9. The van der Waals surface area contributed by atoms with E-state index >= 15 is 0 Å². The van der Waals surface area contributed by atoms with Gasteiger partial charge in [0, 0.05) is 24.5 Å². The fourth-order valence-corrected chi connectivity index (χ4v) is 4.38. The minimum Gasteiger partial charge on any atom is -0.337 e. The van der Waals surface area contributed by atoms with Crippen LogP contribution in [-0.2, 0) is 6.54 Å². The van der Waals surface area contributed by atoms with E-state index in [0.29, 0.717) is 17.8 Å². The zero-order valence-corrected chi connectivity index (χ0v) is 14.7. The van der Waals surface area contributed by atoms with Gasteiger partial charge in [-0.2, -0.15) is 0 Å². The van der Waals surface area contributed by atoms with Crippen molar-refractivity contribution in [3.63, 3.8) is 0 Å². The van der Waals surface area contributed by atoms with Gasteiger partial charge in [0.2, 0.25) is 0 Å². The predicted molar refractivity (Wildman–Crippen MR) is 95.1 cm³/mol. The highest BCUT2D eigenvalue weighted by Crippen LogP contribution is 2.30. The molecule has 130 valence electrons. The van der Waals surface area contributed by atoms with Gasteiger partial charge in [0.25, 0.3) is 5.91 Å². The lowest BCUT2D eigenvalue weighted by molar-refractivity contribution is 0.0783. The summed E-state index contributed by atoms with van der Waals surface area (Å²) < 4.78 is 29.7. The Hall–Kier alpha value is -2.21. The molecule has 0 atom stereocenters. The van der Waals surface area contributed by atoms with Gasteiger partial charge in [-0.1, -0.05) is 6.07 Å². The number of aryl methyl sites for hydroxylation is 1. The van der Waals surface area contributed by atoms with Crippen LogP contribution in [0.15, 0.2) is 30.3 Å². The number of nitrogens with zero attached hydrogens (tertiary/aromatic N) is 2. The molecule has 0 radical (unpaired) electrons. The van der Waals surface area contributed by atoms with Gasteiger partial charge in [-0.3, -0.25) is 4.79 Å². The van der Waals surface area contributed by atoms with Gasteiger partial charge in [-0.05, 0) is 49.6 Å². The third-order valence-corrected chi connectivity index (χ3v) is 5.64. The topological polar surface area (TPSA) is 25.2 Å². The number of hydrogen-bond donors (Lipinski definition) is 0. The molecule has 0 N–H and O–H groups in total. The van der Waals surface area contributed by atoms with E-state index in [1.807, 2.05) is 28.5 Å². The maximum absolute atomic E-state index is 13.6. The highest BCUT2D eigenvalue weighted by Gasteiger charge is 2.24. The standard InChI is InChI=1S/C19H18F2N2OS/c1-12-8-16-18(25-12)10-17(19(24)22-6-2-3-7-22)23(16)11-13-4-5-14(20)15(21)9-13/h4-5,8-10H,2-3,6-7,11H2,1H3. The number of rotatable bonds is 3. The molecule has 0 aliphatic carbocycles.